The Morgan fingerprint density at radius 1 is 1.29 bits per heavy atom. The molecule has 0 aliphatic rings. The maximum absolute atomic E-state index is 13.4. The number of fused-ring (bicyclic) bond motifs is 1. The Balaban J connectivity index is 1.81. The number of methoxy groups -OCH3 is 1. The Kier molecular flexibility index (Phi) is 6.43. The van der Waals surface area contributed by atoms with Crippen LogP contribution in [-0.4, -0.2) is 34.9 Å². The Labute approximate surface area is 165 Å². The van der Waals surface area contributed by atoms with Gasteiger partial charge in [0.25, 0.3) is 5.56 Å². The lowest BCUT2D eigenvalue weighted by atomic mass is 10.2. The largest absolute Gasteiger partial charge is 0.383 e. The molecule has 1 heterocycles. The van der Waals surface area contributed by atoms with Gasteiger partial charge >= 0.3 is 0 Å². The van der Waals surface area contributed by atoms with E-state index in [0.717, 1.165) is 17.3 Å². The average molecular weight is 401 g/mol. The van der Waals surface area contributed by atoms with E-state index in [1.807, 2.05) is 6.07 Å². The van der Waals surface area contributed by atoms with Crippen molar-refractivity contribution < 1.29 is 13.9 Å². The number of carbonyl (C=O) groups excluding carboxylic acids is 1. The van der Waals surface area contributed by atoms with Gasteiger partial charge in [-0.1, -0.05) is 30.0 Å². The zero-order valence-corrected chi connectivity index (χ0v) is 16.4. The summed E-state index contributed by atoms with van der Waals surface area (Å²) in [6.45, 7) is 2.47. The zero-order valence-electron chi connectivity index (χ0n) is 15.6. The number of benzene rings is 2. The second-order valence-corrected chi connectivity index (χ2v) is 7.10. The van der Waals surface area contributed by atoms with Crippen LogP contribution in [0.5, 0.6) is 0 Å². The Bertz CT molecular complexity index is 1070. The van der Waals surface area contributed by atoms with E-state index in [4.69, 9.17) is 4.74 Å². The topological polar surface area (TPSA) is 73.2 Å². The molecular formula is C20H20FN3O3S. The molecule has 0 spiro atoms. The molecule has 8 heteroatoms. The molecule has 0 bridgehead atoms. The van der Waals surface area contributed by atoms with Gasteiger partial charge in [-0.2, -0.15) is 0 Å². The molecule has 0 atom stereocenters. The van der Waals surface area contributed by atoms with E-state index in [1.54, 1.807) is 38.3 Å². The van der Waals surface area contributed by atoms with Crippen molar-refractivity contribution in [1.82, 2.24) is 9.55 Å². The highest BCUT2D eigenvalue weighted by Crippen LogP contribution is 2.20. The number of rotatable bonds is 7. The van der Waals surface area contributed by atoms with Crippen LogP contribution in [0.15, 0.2) is 52.4 Å². The molecule has 6 nitrogen and oxygen atoms in total. The SMILES string of the molecule is COCCn1c(SCC(=O)Nc2cc(F)ccc2C)nc2ccccc2c1=O. The highest BCUT2D eigenvalue weighted by molar-refractivity contribution is 7.99. The van der Waals surface area contributed by atoms with Crippen molar-refractivity contribution in [3.05, 3.63) is 64.2 Å². The lowest BCUT2D eigenvalue weighted by Crippen LogP contribution is -2.26. The van der Waals surface area contributed by atoms with Gasteiger partial charge in [0, 0.05) is 12.8 Å². The zero-order chi connectivity index (χ0) is 20.1. The van der Waals surface area contributed by atoms with E-state index in [2.05, 4.69) is 10.3 Å². The van der Waals surface area contributed by atoms with Crippen molar-refractivity contribution in [3.8, 4) is 0 Å². The number of amides is 1. The number of hydrogen-bond acceptors (Lipinski definition) is 5. The van der Waals surface area contributed by atoms with E-state index in [0.29, 0.717) is 34.9 Å². The van der Waals surface area contributed by atoms with Crippen LogP contribution in [0.2, 0.25) is 0 Å². The van der Waals surface area contributed by atoms with Gasteiger partial charge in [0.2, 0.25) is 5.91 Å². The van der Waals surface area contributed by atoms with Crippen molar-refractivity contribution in [3.63, 3.8) is 0 Å². The monoisotopic (exact) mass is 401 g/mol. The molecule has 1 aromatic heterocycles. The summed E-state index contributed by atoms with van der Waals surface area (Å²) in [6, 6.07) is 11.3. The minimum absolute atomic E-state index is 0.0354. The molecule has 3 aromatic rings. The predicted octanol–water partition coefficient (Wildman–Crippen LogP) is 3.22. The van der Waals surface area contributed by atoms with Gasteiger partial charge in [-0.3, -0.25) is 14.2 Å². The van der Waals surface area contributed by atoms with Crippen molar-refractivity contribution in [2.75, 3.05) is 24.8 Å². The first-order valence-corrected chi connectivity index (χ1v) is 9.65. The smallest absolute Gasteiger partial charge is 0.262 e. The number of ether oxygens (including phenoxy) is 1. The van der Waals surface area contributed by atoms with E-state index >= 15 is 0 Å². The van der Waals surface area contributed by atoms with Crippen LogP contribution >= 0.6 is 11.8 Å². The van der Waals surface area contributed by atoms with Crippen molar-refractivity contribution in [2.45, 2.75) is 18.6 Å². The molecule has 0 aliphatic carbocycles. The Morgan fingerprint density at radius 3 is 2.86 bits per heavy atom. The van der Waals surface area contributed by atoms with Crippen molar-refractivity contribution in [2.24, 2.45) is 0 Å². The molecule has 0 aliphatic heterocycles. The van der Waals surface area contributed by atoms with Gasteiger partial charge in [-0.05, 0) is 36.8 Å². The van der Waals surface area contributed by atoms with Crippen LogP contribution < -0.4 is 10.9 Å². The fourth-order valence-electron chi connectivity index (χ4n) is 2.68. The molecule has 0 fully saturated rings. The predicted molar refractivity (Wildman–Crippen MR) is 108 cm³/mol. The number of nitrogens with zero attached hydrogens (tertiary/aromatic N) is 2. The first-order valence-electron chi connectivity index (χ1n) is 8.67. The number of thioether (sulfide) groups is 1. The van der Waals surface area contributed by atoms with E-state index < -0.39 is 5.82 Å². The van der Waals surface area contributed by atoms with Gasteiger partial charge in [-0.25, -0.2) is 9.37 Å². The second-order valence-electron chi connectivity index (χ2n) is 6.16. The van der Waals surface area contributed by atoms with Crippen LogP contribution in [0.25, 0.3) is 10.9 Å². The number of hydrogen-bond donors (Lipinski definition) is 1. The minimum atomic E-state index is -0.418. The maximum Gasteiger partial charge on any atom is 0.262 e. The lowest BCUT2D eigenvalue weighted by molar-refractivity contribution is -0.113. The molecule has 3 rings (SSSR count). The number of aromatic nitrogens is 2. The third-order valence-corrected chi connectivity index (χ3v) is 5.13. The molecular weight excluding hydrogens is 381 g/mol. The van der Waals surface area contributed by atoms with Gasteiger partial charge in [0.1, 0.15) is 5.82 Å². The Hall–Kier alpha value is -2.71. The molecule has 0 saturated heterocycles. The van der Waals surface area contributed by atoms with Crippen LogP contribution in [0, 0.1) is 12.7 Å². The van der Waals surface area contributed by atoms with Gasteiger partial charge < -0.3 is 10.1 Å². The van der Waals surface area contributed by atoms with Gasteiger partial charge in [0.05, 0.1) is 29.8 Å². The summed E-state index contributed by atoms with van der Waals surface area (Å²) < 4.78 is 20.0. The van der Waals surface area contributed by atoms with E-state index in [1.165, 1.54) is 16.7 Å². The van der Waals surface area contributed by atoms with E-state index in [-0.39, 0.29) is 17.2 Å². The minimum Gasteiger partial charge on any atom is -0.383 e. The fraction of sp³-hybridized carbons (Fsp3) is 0.250. The third kappa shape index (κ3) is 4.58. The summed E-state index contributed by atoms with van der Waals surface area (Å²) in [5, 5.41) is 3.65. The van der Waals surface area contributed by atoms with Crippen molar-refractivity contribution in [1.29, 1.82) is 0 Å². The molecule has 28 heavy (non-hydrogen) atoms. The van der Waals surface area contributed by atoms with Crippen LogP contribution in [-0.2, 0) is 16.1 Å². The molecule has 2 aromatic carbocycles. The maximum atomic E-state index is 13.4. The van der Waals surface area contributed by atoms with Crippen molar-refractivity contribution >= 4 is 34.3 Å². The van der Waals surface area contributed by atoms with E-state index in [9.17, 15) is 14.0 Å². The number of aryl methyl sites for hydroxylation is 1. The van der Waals surface area contributed by atoms with Crippen LogP contribution in [0.3, 0.4) is 0 Å². The van der Waals surface area contributed by atoms with Gasteiger partial charge in [-0.15, -0.1) is 0 Å². The summed E-state index contributed by atoms with van der Waals surface area (Å²) in [5.74, 6) is -0.689. The molecule has 1 N–H and O–H groups in total. The fourth-order valence-corrected chi connectivity index (χ4v) is 3.51. The first kappa shape index (κ1) is 20.0. The molecule has 0 saturated carbocycles. The number of halogens is 1. The molecule has 0 radical (unpaired) electrons. The highest BCUT2D eigenvalue weighted by Gasteiger charge is 2.14. The molecule has 1 amide bonds. The standard InChI is InChI=1S/C20H20FN3O3S/c1-13-7-8-14(21)11-17(13)22-18(25)12-28-20-23-16-6-4-3-5-15(16)19(26)24(20)9-10-27-2/h3-8,11H,9-10,12H2,1-2H3,(H,22,25). The highest BCUT2D eigenvalue weighted by atomic mass is 32.2. The number of anilines is 1. The first-order chi connectivity index (χ1) is 13.5. The number of para-hydroxylation sites is 1. The number of carbonyl (C=O) groups is 1. The second kappa shape index (κ2) is 8.99. The average Bonchev–Trinajstić information content (AvgIpc) is 2.69. The van der Waals surface area contributed by atoms with Crippen LogP contribution in [0.1, 0.15) is 5.56 Å². The molecule has 0 unspecified atom stereocenters. The quantitative estimate of drug-likeness (QED) is 0.486. The lowest BCUT2D eigenvalue weighted by Gasteiger charge is -2.13. The summed E-state index contributed by atoms with van der Waals surface area (Å²) in [7, 11) is 1.56. The summed E-state index contributed by atoms with van der Waals surface area (Å²) in [6.07, 6.45) is 0. The normalized spacial score (nSPS) is 11.0. The number of nitrogens with one attached hydrogen (secondary N) is 1. The van der Waals surface area contributed by atoms with Gasteiger partial charge in [0.15, 0.2) is 5.16 Å². The summed E-state index contributed by atoms with van der Waals surface area (Å²) in [4.78, 5) is 29.6. The van der Waals surface area contributed by atoms with Crippen LogP contribution in [0.4, 0.5) is 10.1 Å². The summed E-state index contributed by atoms with van der Waals surface area (Å²) >= 11 is 1.15. The summed E-state index contributed by atoms with van der Waals surface area (Å²) in [5.41, 5.74) is 1.59. The molecule has 146 valence electrons. The third-order valence-electron chi connectivity index (χ3n) is 4.15. The Morgan fingerprint density at radius 2 is 2.07 bits per heavy atom.